The van der Waals surface area contributed by atoms with E-state index >= 15 is 0 Å². The number of nitrogens with zero attached hydrogens (tertiary/aromatic N) is 2. The number of benzene rings is 1. The van der Waals surface area contributed by atoms with Crippen molar-refractivity contribution in [3.05, 3.63) is 35.0 Å². The highest BCUT2D eigenvalue weighted by molar-refractivity contribution is 7.15. The molecule has 0 saturated carbocycles. The van der Waals surface area contributed by atoms with E-state index < -0.39 is 23.5 Å². The SMILES string of the molecule is COc1ccc(OC)c(-c2csc3nc(C(F)(F)F)c(C(=O)O)n23)c1. The Kier molecular flexibility index (Phi) is 4.07. The number of aromatic nitrogens is 2. The molecule has 1 aromatic carbocycles. The number of imidazole rings is 1. The second-order valence-corrected chi connectivity index (χ2v) is 5.75. The average Bonchev–Trinajstić information content (AvgIpc) is 3.12. The molecule has 0 aliphatic rings. The Balaban J connectivity index is 2.36. The molecule has 2 heterocycles. The van der Waals surface area contributed by atoms with Gasteiger partial charge in [0.2, 0.25) is 0 Å². The maximum absolute atomic E-state index is 13.1. The van der Waals surface area contributed by atoms with Gasteiger partial charge in [-0.1, -0.05) is 0 Å². The molecule has 6 nitrogen and oxygen atoms in total. The molecule has 25 heavy (non-hydrogen) atoms. The first-order valence-electron chi connectivity index (χ1n) is 6.80. The van der Waals surface area contributed by atoms with Crippen LogP contribution in [0.25, 0.3) is 16.2 Å². The van der Waals surface area contributed by atoms with Crippen LogP contribution in [0.5, 0.6) is 11.5 Å². The molecule has 0 aliphatic carbocycles. The molecule has 0 spiro atoms. The van der Waals surface area contributed by atoms with Gasteiger partial charge in [0.05, 0.1) is 19.9 Å². The van der Waals surface area contributed by atoms with Gasteiger partial charge >= 0.3 is 12.1 Å². The van der Waals surface area contributed by atoms with E-state index in [4.69, 9.17) is 9.47 Å². The number of carbonyl (C=O) groups is 1. The topological polar surface area (TPSA) is 73.1 Å². The number of carboxylic acids is 1. The standard InChI is InChI=1S/C15H11F3N2O4S/c1-23-7-3-4-10(24-2)8(5-7)9-6-25-14-19-12(15(16,17)18)11(13(21)22)20(9)14/h3-6H,1-2H3,(H,21,22). The molecule has 0 fully saturated rings. The fourth-order valence-electron chi connectivity index (χ4n) is 2.46. The fourth-order valence-corrected chi connectivity index (χ4v) is 3.35. The van der Waals surface area contributed by atoms with Crippen molar-refractivity contribution < 1.29 is 32.5 Å². The van der Waals surface area contributed by atoms with Crippen LogP contribution in [0.3, 0.4) is 0 Å². The van der Waals surface area contributed by atoms with E-state index in [1.807, 2.05) is 0 Å². The first kappa shape index (κ1) is 17.1. The summed E-state index contributed by atoms with van der Waals surface area (Å²) < 4.78 is 50.8. The number of hydrogen-bond acceptors (Lipinski definition) is 5. The number of rotatable bonds is 4. The minimum Gasteiger partial charge on any atom is -0.497 e. The Hall–Kier alpha value is -2.75. The average molecular weight is 372 g/mol. The van der Waals surface area contributed by atoms with E-state index in [0.717, 1.165) is 15.7 Å². The second kappa shape index (κ2) is 5.96. The number of ether oxygens (including phenoxy) is 2. The third kappa shape index (κ3) is 2.78. The molecule has 0 amide bonds. The summed E-state index contributed by atoms with van der Waals surface area (Å²) in [5, 5.41) is 10.8. The number of aromatic carboxylic acids is 1. The predicted octanol–water partition coefficient (Wildman–Crippen LogP) is 3.80. The number of methoxy groups -OCH3 is 2. The third-order valence-corrected chi connectivity index (χ3v) is 4.34. The molecule has 132 valence electrons. The molecule has 0 radical (unpaired) electrons. The summed E-state index contributed by atoms with van der Waals surface area (Å²) in [5.74, 6) is -0.913. The van der Waals surface area contributed by atoms with Gasteiger partial charge in [0.1, 0.15) is 11.5 Å². The monoisotopic (exact) mass is 372 g/mol. The summed E-state index contributed by atoms with van der Waals surface area (Å²) in [6.45, 7) is 0. The first-order chi connectivity index (χ1) is 11.8. The van der Waals surface area contributed by atoms with Crippen LogP contribution in [0.2, 0.25) is 0 Å². The van der Waals surface area contributed by atoms with Crippen molar-refractivity contribution in [2.24, 2.45) is 0 Å². The van der Waals surface area contributed by atoms with Gasteiger partial charge in [-0.2, -0.15) is 13.2 Å². The maximum Gasteiger partial charge on any atom is 0.435 e. The molecule has 10 heteroatoms. The summed E-state index contributed by atoms with van der Waals surface area (Å²) in [7, 11) is 2.85. The van der Waals surface area contributed by atoms with Crippen LogP contribution in [-0.2, 0) is 6.18 Å². The van der Waals surface area contributed by atoms with Crippen molar-refractivity contribution in [2.75, 3.05) is 14.2 Å². The molecule has 0 unspecified atom stereocenters. The van der Waals surface area contributed by atoms with Gasteiger partial charge in [0.25, 0.3) is 0 Å². The number of alkyl halides is 3. The molecule has 0 atom stereocenters. The highest BCUT2D eigenvalue weighted by Crippen LogP contribution is 2.39. The molecule has 0 aliphatic heterocycles. The van der Waals surface area contributed by atoms with Gasteiger partial charge < -0.3 is 14.6 Å². The predicted molar refractivity (Wildman–Crippen MR) is 83.6 cm³/mol. The number of halogens is 3. The van der Waals surface area contributed by atoms with Gasteiger partial charge in [0, 0.05) is 10.9 Å². The van der Waals surface area contributed by atoms with Gasteiger partial charge in [-0.3, -0.25) is 4.40 Å². The number of hydrogen-bond donors (Lipinski definition) is 1. The summed E-state index contributed by atoms with van der Waals surface area (Å²) in [4.78, 5) is 14.9. The molecular formula is C15H11F3N2O4S. The Morgan fingerprint density at radius 3 is 2.56 bits per heavy atom. The zero-order valence-corrected chi connectivity index (χ0v) is 13.7. The Morgan fingerprint density at radius 1 is 1.28 bits per heavy atom. The van der Waals surface area contributed by atoms with E-state index in [2.05, 4.69) is 4.98 Å². The first-order valence-corrected chi connectivity index (χ1v) is 7.68. The maximum atomic E-state index is 13.1. The van der Waals surface area contributed by atoms with Crippen molar-refractivity contribution in [3.63, 3.8) is 0 Å². The van der Waals surface area contributed by atoms with Crippen LogP contribution in [0.1, 0.15) is 16.2 Å². The summed E-state index contributed by atoms with van der Waals surface area (Å²) in [6.07, 6.45) is -4.88. The lowest BCUT2D eigenvalue weighted by Crippen LogP contribution is -2.14. The highest BCUT2D eigenvalue weighted by Gasteiger charge is 2.41. The minimum atomic E-state index is -4.88. The number of fused-ring (bicyclic) bond motifs is 1. The summed E-state index contributed by atoms with van der Waals surface area (Å²) in [6, 6.07) is 4.76. The largest absolute Gasteiger partial charge is 0.497 e. The lowest BCUT2D eigenvalue weighted by atomic mass is 10.1. The summed E-state index contributed by atoms with van der Waals surface area (Å²) in [5.41, 5.74) is -1.77. The second-order valence-electron chi connectivity index (χ2n) is 4.92. The van der Waals surface area contributed by atoms with E-state index in [1.165, 1.54) is 19.6 Å². The highest BCUT2D eigenvalue weighted by atomic mass is 32.1. The summed E-state index contributed by atoms with van der Waals surface area (Å²) >= 11 is 0.902. The van der Waals surface area contributed by atoms with Crippen molar-refractivity contribution in [2.45, 2.75) is 6.18 Å². The van der Waals surface area contributed by atoms with E-state index in [1.54, 1.807) is 18.2 Å². The zero-order valence-electron chi connectivity index (χ0n) is 12.9. The zero-order chi connectivity index (χ0) is 18.4. The van der Waals surface area contributed by atoms with Crippen molar-refractivity contribution in [1.82, 2.24) is 9.38 Å². The van der Waals surface area contributed by atoms with Crippen LogP contribution in [-0.4, -0.2) is 34.7 Å². The minimum absolute atomic E-state index is 0.0791. The van der Waals surface area contributed by atoms with Gasteiger partial charge in [0.15, 0.2) is 16.3 Å². The fraction of sp³-hybridized carbons (Fsp3) is 0.200. The quantitative estimate of drug-likeness (QED) is 0.754. The molecular weight excluding hydrogens is 361 g/mol. The van der Waals surface area contributed by atoms with Crippen LogP contribution in [0.15, 0.2) is 23.6 Å². The van der Waals surface area contributed by atoms with Gasteiger partial charge in [-0.25, -0.2) is 9.78 Å². The van der Waals surface area contributed by atoms with E-state index in [-0.39, 0.29) is 10.7 Å². The smallest absolute Gasteiger partial charge is 0.435 e. The molecule has 3 aromatic rings. The molecule has 0 saturated heterocycles. The van der Waals surface area contributed by atoms with Crippen LogP contribution in [0, 0.1) is 0 Å². The van der Waals surface area contributed by atoms with Crippen molar-refractivity contribution in [1.29, 1.82) is 0 Å². The van der Waals surface area contributed by atoms with Gasteiger partial charge in [-0.15, -0.1) is 11.3 Å². The lowest BCUT2D eigenvalue weighted by Gasteiger charge is -2.11. The van der Waals surface area contributed by atoms with Crippen LogP contribution in [0.4, 0.5) is 13.2 Å². The normalized spacial score (nSPS) is 11.7. The van der Waals surface area contributed by atoms with Crippen LogP contribution >= 0.6 is 11.3 Å². The number of thiazole rings is 1. The van der Waals surface area contributed by atoms with Gasteiger partial charge in [-0.05, 0) is 18.2 Å². The van der Waals surface area contributed by atoms with E-state index in [9.17, 15) is 23.1 Å². The molecule has 1 N–H and O–H groups in total. The molecule has 3 rings (SSSR count). The van der Waals surface area contributed by atoms with Crippen LogP contribution < -0.4 is 9.47 Å². The van der Waals surface area contributed by atoms with E-state index in [0.29, 0.717) is 17.1 Å². The van der Waals surface area contributed by atoms with Crippen molar-refractivity contribution >= 4 is 22.3 Å². The Labute approximate surface area is 143 Å². The third-order valence-electron chi connectivity index (χ3n) is 3.52. The Morgan fingerprint density at radius 2 is 2.00 bits per heavy atom. The Bertz CT molecular complexity index is 962. The lowest BCUT2D eigenvalue weighted by molar-refractivity contribution is -0.141. The van der Waals surface area contributed by atoms with Crippen molar-refractivity contribution in [3.8, 4) is 22.8 Å². The number of carboxylic acid groups (broad SMARTS) is 1. The molecule has 2 aromatic heterocycles. The molecule has 0 bridgehead atoms.